The normalized spacial score (nSPS) is 16.3. The number of fused-ring (bicyclic) bond motifs is 1. The van der Waals surface area contributed by atoms with Gasteiger partial charge in [0.15, 0.2) is 22.8 Å². The van der Waals surface area contributed by atoms with Gasteiger partial charge >= 0.3 is 0 Å². The lowest BCUT2D eigenvalue weighted by Gasteiger charge is -2.48. The Labute approximate surface area is 271 Å². The van der Waals surface area contributed by atoms with Gasteiger partial charge in [-0.15, -0.1) is 0 Å². The smallest absolute Gasteiger partial charge is 0.261 e. The number of ether oxygens (including phenoxy) is 2. The Kier molecular flexibility index (Phi) is 8.64. The molecule has 1 amide bonds. The first-order valence-corrected chi connectivity index (χ1v) is 17.5. The summed E-state index contributed by atoms with van der Waals surface area (Å²) in [5.41, 5.74) is 1.09. The highest BCUT2D eigenvalue weighted by atomic mass is 28.4. The van der Waals surface area contributed by atoms with Crippen molar-refractivity contribution in [3.8, 4) is 0 Å². The number of carbonyl (C=O) groups excluding carboxylic acids is 1. The average Bonchev–Trinajstić information content (AvgIpc) is 3.47. The number of hydrogen-bond donors (Lipinski definition) is 1. The van der Waals surface area contributed by atoms with E-state index >= 15 is 0 Å². The molecule has 1 fully saturated rings. The van der Waals surface area contributed by atoms with Crippen molar-refractivity contribution >= 4 is 41.6 Å². The van der Waals surface area contributed by atoms with E-state index in [0.29, 0.717) is 48.9 Å². The molecule has 3 heterocycles. The molecule has 6 rings (SSSR count). The zero-order chi connectivity index (χ0) is 32.4. The molecule has 0 spiro atoms. The molecular formula is C36H41N5O4Si. The lowest BCUT2D eigenvalue weighted by atomic mass is 9.89. The summed E-state index contributed by atoms with van der Waals surface area (Å²) in [5, 5.41) is 5.13. The highest BCUT2D eigenvalue weighted by Crippen LogP contribution is 2.40. The fourth-order valence-corrected chi connectivity index (χ4v) is 10.9. The maximum absolute atomic E-state index is 12.9. The molecule has 1 saturated heterocycles. The number of carbonyl (C=O) groups is 1. The maximum Gasteiger partial charge on any atom is 0.261 e. The molecule has 10 heteroatoms. The SMILES string of the molecule is CC1(C)OCC(CO[Si](c2ccccc2)(c2ccccc2)C(C)(C)C)(Cn2cnc3c(NC(=O)c4ccccc4)ncnc32)CO1. The Hall–Kier alpha value is -4.22. The highest BCUT2D eigenvalue weighted by Gasteiger charge is 2.52. The van der Waals surface area contributed by atoms with E-state index in [1.54, 1.807) is 18.5 Å². The molecule has 0 atom stereocenters. The molecule has 1 aliphatic rings. The van der Waals surface area contributed by atoms with Crippen molar-refractivity contribution in [3.05, 3.63) is 109 Å². The van der Waals surface area contributed by atoms with Crippen LogP contribution in [0.2, 0.25) is 5.04 Å². The molecule has 1 aliphatic heterocycles. The lowest BCUT2D eigenvalue weighted by molar-refractivity contribution is -0.291. The lowest BCUT2D eigenvalue weighted by Crippen LogP contribution is -2.68. The standard InChI is InChI=1S/C36H41N5O4Si/c1-34(2,3)46(28-17-11-7-12-18-28,29-19-13-8-14-20-29)45-24-36(22-43-35(4,5)44-23-36)21-41-26-39-30-31(37-25-38-32(30)41)40-33(42)27-15-9-6-10-16-27/h6-20,25-26H,21-24H2,1-5H3,(H,37,38,40,42). The van der Waals surface area contributed by atoms with Crippen LogP contribution in [0.25, 0.3) is 11.2 Å². The number of aromatic nitrogens is 4. The summed E-state index contributed by atoms with van der Waals surface area (Å²) in [6.45, 7) is 12.4. The van der Waals surface area contributed by atoms with Crippen molar-refractivity contribution in [1.82, 2.24) is 19.5 Å². The van der Waals surface area contributed by atoms with Gasteiger partial charge in [0.1, 0.15) is 6.33 Å². The zero-order valence-electron chi connectivity index (χ0n) is 27.1. The summed E-state index contributed by atoms with van der Waals surface area (Å²) in [5.74, 6) is -0.622. The van der Waals surface area contributed by atoms with E-state index in [-0.39, 0.29) is 10.9 Å². The molecule has 5 aromatic rings. The Bertz CT molecular complexity index is 1740. The quantitative estimate of drug-likeness (QED) is 0.216. The predicted octanol–water partition coefficient (Wildman–Crippen LogP) is 5.42. The van der Waals surface area contributed by atoms with Crippen LogP contribution in [0.3, 0.4) is 0 Å². The van der Waals surface area contributed by atoms with Gasteiger partial charge in [-0.3, -0.25) is 4.79 Å². The van der Waals surface area contributed by atoms with E-state index in [9.17, 15) is 4.79 Å². The van der Waals surface area contributed by atoms with Crippen LogP contribution in [0.5, 0.6) is 0 Å². The fourth-order valence-electron chi connectivity index (χ4n) is 6.20. The number of amides is 1. The van der Waals surface area contributed by atoms with Crippen LogP contribution in [0, 0.1) is 5.41 Å². The van der Waals surface area contributed by atoms with Gasteiger partial charge in [-0.1, -0.05) is 99.6 Å². The van der Waals surface area contributed by atoms with Crippen LogP contribution in [0.15, 0.2) is 104 Å². The number of benzene rings is 3. The third-order valence-electron chi connectivity index (χ3n) is 8.64. The maximum atomic E-state index is 12.9. The first-order valence-electron chi connectivity index (χ1n) is 15.6. The van der Waals surface area contributed by atoms with Crippen molar-refractivity contribution in [1.29, 1.82) is 0 Å². The zero-order valence-corrected chi connectivity index (χ0v) is 28.1. The highest BCUT2D eigenvalue weighted by molar-refractivity contribution is 6.99. The molecule has 1 N–H and O–H groups in total. The number of rotatable bonds is 9. The molecular weight excluding hydrogens is 595 g/mol. The first-order chi connectivity index (χ1) is 22.0. The summed E-state index contributed by atoms with van der Waals surface area (Å²) in [7, 11) is -2.84. The van der Waals surface area contributed by atoms with Crippen LogP contribution in [0.1, 0.15) is 45.0 Å². The number of nitrogens with zero attached hydrogens (tertiary/aromatic N) is 4. The molecule has 0 radical (unpaired) electrons. The Balaban J connectivity index is 1.36. The van der Waals surface area contributed by atoms with E-state index in [4.69, 9.17) is 13.9 Å². The second-order valence-electron chi connectivity index (χ2n) is 13.5. The minimum Gasteiger partial charge on any atom is -0.407 e. The van der Waals surface area contributed by atoms with Gasteiger partial charge in [-0.05, 0) is 41.4 Å². The molecule has 3 aromatic carbocycles. The summed E-state index contributed by atoms with van der Waals surface area (Å²) in [6, 6.07) is 30.3. The van der Waals surface area contributed by atoms with Gasteiger partial charge in [0, 0.05) is 18.7 Å². The number of hydrogen-bond acceptors (Lipinski definition) is 7. The van der Waals surface area contributed by atoms with Gasteiger partial charge < -0.3 is 23.8 Å². The second-order valence-corrected chi connectivity index (χ2v) is 17.8. The molecule has 2 aromatic heterocycles. The minimum absolute atomic E-state index is 0.187. The van der Waals surface area contributed by atoms with Crippen LogP contribution in [-0.2, 0) is 20.4 Å². The Morgan fingerprint density at radius 2 is 1.43 bits per heavy atom. The van der Waals surface area contributed by atoms with E-state index < -0.39 is 19.5 Å². The molecule has 238 valence electrons. The van der Waals surface area contributed by atoms with Gasteiger partial charge in [0.05, 0.1) is 25.0 Å². The largest absolute Gasteiger partial charge is 0.407 e. The van der Waals surface area contributed by atoms with Crippen molar-refractivity contribution < 1.29 is 18.7 Å². The molecule has 0 unspecified atom stereocenters. The summed E-state index contributed by atoms with van der Waals surface area (Å²) >= 11 is 0. The van der Waals surface area contributed by atoms with Crippen LogP contribution >= 0.6 is 0 Å². The summed E-state index contributed by atoms with van der Waals surface area (Å²) in [6.07, 6.45) is 3.19. The van der Waals surface area contributed by atoms with Crippen molar-refractivity contribution in [2.24, 2.45) is 5.41 Å². The Morgan fingerprint density at radius 1 is 0.870 bits per heavy atom. The topological polar surface area (TPSA) is 100 Å². The minimum atomic E-state index is -2.84. The second kappa shape index (κ2) is 12.5. The monoisotopic (exact) mass is 635 g/mol. The predicted molar refractivity (Wildman–Crippen MR) is 182 cm³/mol. The van der Waals surface area contributed by atoms with E-state index in [1.165, 1.54) is 16.7 Å². The van der Waals surface area contributed by atoms with Gasteiger partial charge in [0.2, 0.25) is 0 Å². The third-order valence-corrected chi connectivity index (χ3v) is 13.6. The van der Waals surface area contributed by atoms with E-state index in [0.717, 1.165) is 0 Å². The van der Waals surface area contributed by atoms with Crippen LogP contribution < -0.4 is 15.7 Å². The Morgan fingerprint density at radius 3 is 2.00 bits per heavy atom. The summed E-state index contributed by atoms with van der Waals surface area (Å²) in [4.78, 5) is 26.5. The third kappa shape index (κ3) is 6.26. The molecule has 0 aliphatic carbocycles. The van der Waals surface area contributed by atoms with Crippen LogP contribution in [-0.4, -0.2) is 59.4 Å². The summed E-state index contributed by atoms with van der Waals surface area (Å²) < 4.78 is 22.0. The first kappa shape index (κ1) is 31.7. The fraction of sp³-hybridized carbons (Fsp3) is 0.333. The van der Waals surface area contributed by atoms with E-state index in [2.05, 4.69) is 89.6 Å². The molecule has 46 heavy (non-hydrogen) atoms. The van der Waals surface area contributed by atoms with Crippen molar-refractivity contribution in [2.45, 2.75) is 52.0 Å². The van der Waals surface area contributed by atoms with Crippen LogP contribution in [0.4, 0.5) is 5.82 Å². The number of nitrogens with one attached hydrogen (secondary N) is 1. The van der Waals surface area contributed by atoms with Gasteiger partial charge in [-0.25, -0.2) is 15.0 Å². The number of anilines is 1. The molecule has 9 nitrogen and oxygen atoms in total. The van der Waals surface area contributed by atoms with Gasteiger partial charge in [0.25, 0.3) is 14.2 Å². The average molecular weight is 636 g/mol. The van der Waals surface area contributed by atoms with Crippen molar-refractivity contribution in [2.75, 3.05) is 25.1 Å². The molecule has 0 bridgehead atoms. The van der Waals surface area contributed by atoms with E-state index in [1.807, 2.05) is 48.7 Å². The van der Waals surface area contributed by atoms with Crippen molar-refractivity contribution in [3.63, 3.8) is 0 Å². The van der Waals surface area contributed by atoms with Gasteiger partial charge in [-0.2, -0.15) is 0 Å². The molecule has 0 saturated carbocycles. The number of imidazole rings is 1.